The van der Waals surface area contributed by atoms with Gasteiger partial charge in [0.2, 0.25) is 0 Å². The molecule has 18 heavy (non-hydrogen) atoms. The summed E-state index contributed by atoms with van der Waals surface area (Å²) in [4.78, 5) is 0. The smallest absolute Gasteiger partial charge is 0.269 e. The van der Waals surface area contributed by atoms with Crippen LogP contribution in [0, 0.1) is 0 Å². The summed E-state index contributed by atoms with van der Waals surface area (Å²) >= 11 is 0. The van der Waals surface area contributed by atoms with Crippen molar-refractivity contribution in [2.75, 3.05) is 33.5 Å². The lowest BCUT2D eigenvalue weighted by Crippen LogP contribution is -2.30. The molecule has 1 rings (SSSR count). The van der Waals surface area contributed by atoms with E-state index in [1.807, 2.05) is 39.3 Å². The third-order valence-electron chi connectivity index (χ3n) is 2.54. The van der Waals surface area contributed by atoms with E-state index in [0.29, 0.717) is 13.2 Å². The zero-order chi connectivity index (χ0) is 14.6. The molecule has 1 aliphatic rings. The van der Waals surface area contributed by atoms with E-state index in [4.69, 9.17) is 9.26 Å². The van der Waals surface area contributed by atoms with Crippen LogP contribution in [-0.4, -0.2) is 44.2 Å². The molecule has 0 aromatic heterocycles. The van der Waals surface area contributed by atoms with E-state index >= 15 is 0 Å². The SMILES string of the molecule is CC.CC.CCOP(C)(=O)N1CCC[C@H]1COC. The highest BCUT2D eigenvalue weighted by molar-refractivity contribution is 7.55. The van der Waals surface area contributed by atoms with E-state index in [9.17, 15) is 4.57 Å². The molecular weight excluding hydrogens is 249 g/mol. The van der Waals surface area contributed by atoms with Gasteiger partial charge >= 0.3 is 0 Å². The van der Waals surface area contributed by atoms with Crippen molar-refractivity contribution in [2.45, 2.75) is 53.5 Å². The maximum atomic E-state index is 12.1. The number of rotatable bonds is 5. The molecule has 0 amide bonds. The van der Waals surface area contributed by atoms with Crippen molar-refractivity contribution in [1.29, 1.82) is 0 Å². The topological polar surface area (TPSA) is 38.8 Å². The van der Waals surface area contributed by atoms with E-state index < -0.39 is 7.52 Å². The van der Waals surface area contributed by atoms with Crippen LogP contribution in [0.25, 0.3) is 0 Å². The Labute approximate surface area is 114 Å². The van der Waals surface area contributed by atoms with Crippen LogP contribution in [0.1, 0.15) is 47.5 Å². The Morgan fingerprint density at radius 2 is 1.83 bits per heavy atom. The third-order valence-corrected chi connectivity index (χ3v) is 4.74. The van der Waals surface area contributed by atoms with Crippen LogP contribution in [0.4, 0.5) is 0 Å². The van der Waals surface area contributed by atoms with Crippen LogP contribution >= 0.6 is 7.52 Å². The third kappa shape index (κ3) is 6.89. The van der Waals surface area contributed by atoms with Gasteiger partial charge in [-0.15, -0.1) is 0 Å². The van der Waals surface area contributed by atoms with Crippen molar-refractivity contribution in [1.82, 2.24) is 4.67 Å². The van der Waals surface area contributed by atoms with E-state index in [2.05, 4.69) is 0 Å². The molecule has 1 unspecified atom stereocenters. The second kappa shape index (κ2) is 12.2. The summed E-state index contributed by atoms with van der Waals surface area (Å²) in [5, 5.41) is 0. The second-order valence-corrected chi connectivity index (χ2v) is 6.01. The molecule has 1 fully saturated rings. The van der Waals surface area contributed by atoms with Crippen molar-refractivity contribution in [3.05, 3.63) is 0 Å². The lowest BCUT2D eigenvalue weighted by atomic mass is 10.2. The number of hydrogen-bond acceptors (Lipinski definition) is 3. The Balaban J connectivity index is 0. The van der Waals surface area contributed by atoms with Gasteiger partial charge in [0, 0.05) is 26.4 Å². The minimum Gasteiger partial charge on any atom is -0.383 e. The normalized spacial score (nSPS) is 22.3. The van der Waals surface area contributed by atoms with Gasteiger partial charge < -0.3 is 9.26 Å². The molecule has 5 heteroatoms. The summed E-state index contributed by atoms with van der Waals surface area (Å²) in [6.45, 7) is 13.6. The van der Waals surface area contributed by atoms with Gasteiger partial charge in [0.1, 0.15) is 0 Å². The molecule has 0 saturated carbocycles. The van der Waals surface area contributed by atoms with Crippen LogP contribution in [0.2, 0.25) is 0 Å². The predicted molar refractivity (Wildman–Crippen MR) is 79.5 cm³/mol. The Morgan fingerprint density at radius 3 is 2.28 bits per heavy atom. The monoisotopic (exact) mass is 281 g/mol. The van der Waals surface area contributed by atoms with Gasteiger partial charge in [-0.3, -0.25) is 4.57 Å². The summed E-state index contributed by atoms with van der Waals surface area (Å²) in [7, 11) is -0.894. The Kier molecular flexibility index (Phi) is 13.8. The fourth-order valence-corrected chi connectivity index (χ4v) is 3.88. The Hall–Kier alpha value is 0.110. The molecule has 0 aliphatic carbocycles. The minimum atomic E-state index is -2.57. The maximum Gasteiger partial charge on any atom is 0.269 e. The fourth-order valence-electron chi connectivity index (χ4n) is 1.97. The second-order valence-electron chi connectivity index (χ2n) is 3.64. The largest absolute Gasteiger partial charge is 0.383 e. The van der Waals surface area contributed by atoms with Crippen molar-refractivity contribution in [3.63, 3.8) is 0 Å². The van der Waals surface area contributed by atoms with Crippen LogP contribution in [0.5, 0.6) is 0 Å². The standard InChI is InChI=1S/C9H20NO3P.2C2H6/c1-4-13-14(3,11)10-7-5-6-9(10)8-12-2;2*1-2/h9H,4-8H2,1-3H3;2*1-2H3/t9-,14?;;/m0../s1. The molecule has 2 atom stereocenters. The highest BCUT2D eigenvalue weighted by atomic mass is 31.2. The highest BCUT2D eigenvalue weighted by Crippen LogP contribution is 2.50. The van der Waals surface area contributed by atoms with E-state index in [-0.39, 0.29) is 6.04 Å². The van der Waals surface area contributed by atoms with E-state index in [1.165, 1.54) is 0 Å². The van der Waals surface area contributed by atoms with Gasteiger partial charge in [-0.25, -0.2) is 4.67 Å². The average molecular weight is 281 g/mol. The maximum absolute atomic E-state index is 12.1. The summed E-state index contributed by atoms with van der Waals surface area (Å²) in [6, 6.07) is 0.266. The van der Waals surface area contributed by atoms with Crippen LogP contribution in [0.3, 0.4) is 0 Å². The van der Waals surface area contributed by atoms with Crippen molar-refractivity contribution in [3.8, 4) is 0 Å². The van der Waals surface area contributed by atoms with Crippen molar-refractivity contribution in [2.24, 2.45) is 0 Å². The predicted octanol–water partition coefficient (Wildman–Crippen LogP) is 4.01. The first-order valence-corrected chi connectivity index (χ1v) is 9.12. The molecule has 0 N–H and O–H groups in total. The number of hydrogen-bond donors (Lipinski definition) is 0. The minimum absolute atomic E-state index is 0.266. The Bertz CT molecular complexity index is 224. The fraction of sp³-hybridized carbons (Fsp3) is 1.00. The molecule has 1 heterocycles. The average Bonchev–Trinajstić information content (AvgIpc) is 2.84. The molecule has 0 bridgehead atoms. The van der Waals surface area contributed by atoms with Crippen LogP contribution in [0.15, 0.2) is 0 Å². The molecule has 1 saturated heterocycles. The summed E-state index contributed by atoms with van der Waals surface area (Å²) < 4.78 is 24.5. The zero-order valence-corrected chi connectivity index (χ0v) is 14.1. The first-order chi connectivity index (χ1) is 8.61. The first-order valence-electron chi connectivity index (χ1n) is 7.10. The highest BCUT2D eigenvalue weighted by Gasteiger charge is 2.35. The zero-order valence-electron chi connectivity index (χ0n) is 13.2. The van der Waals surface area contributed by atoms with Crippen molar-refractivity contribution >= 4 is 7.52 Å². The molecule has 0 aromatic rings. The molecule has 4 nitrogen and oxygen atoms in total. The van der Waals surface area contributed by atoms with Gasteiger partial charge in [0.15, 0.2) is 0 Å². The molecule has 0 radical (unpaired) electrons. The van der Waals surface area contributed by atoms with Crippen molar-refractivity contribution < 1.29 is 13.8 Å². The van der Waals surface area contributed by atoms with E-state index in [1.54, 1.807) is 13.8 Å². The van der Waals surface area contributed by atoms with Gasteiger partial charge in [-0.2, -0.15) is 0 Å². The summed E-state index contributed by atoms with van der Waals surface area (Å²) in [5.74, 6) is 0. The molecule has 0 spiro atoms. The van der Waals surface area contributed by atoms with Gasteiger partial charge in [-0.1, -0.05) is 27.7 Å². The molecule has 1 aliphatic heterocycles. The van der Waals surface area contributed by atoms with E-state index in [0.717, 1.165) is 19.4 Å². The number of methoxy groups -OCH3 is 1. The number of nitrogens with zero attached hydrogens (tertiary/aromatic N) is 1. The molecule has 112 valence electrons. The Morgan fingerprint density at radius 1 is 1.28 bits per heavy atom. The summed E-state index contributed by atoms with van der Waals surface area (Å²) in [6.07, 6.45) is 2.14. The lowest BCUT2D eigenvalue weighted by molar-refractivity contribution is 0.140. The van der Waals surface area contributed by atoms with Crippen LogP contribution in [-0.2, 0) is 13.8 Å². The lowest BCUT2D eigenvalue weighted by Gasteiger charge is -2.29. The summed E-state index contributed by atoms with van der Waals surface area (Å²) in [5.41, 5.74) is 0. The number of ether oxygens (including phenoxy) is 1. The van der Waals surface area contributed by atoms with Gasteiger partial charge in [-0.05, 0) is 19.8 Å². The van der Waals surface area contributed by atoms with Gasteiger partial charge in [0.25, 0.3) is 7.52 Å². The quantitative estimate of drug-likeness (QED) is 0.714. The molecule has 0 aromatic carbocycles. The first kappa shape index (κ1) is 20.4. The van der Waals surface area contributed by atoms with Crippen LogP contribution < -0.4 is 0 Å². The molecular formula is C13H32NO3P. The van der Waals surface area contributed by atoms with Gasteiger partial charge in [0.05, 0.1) is 13.2 Å².